The van der Waals surface area contributed by atoms with Crippen molar-refractivity contribution in [2.45, 2.75) is 18.2 Å². The molecule has 76 valence electrons. The van der Waals surface area contributed by atoms with Gasteiger partial charge in [-0.15, -0.1) is 0 Å². The smallest absolute Gasteiger partial charge is 0.323 e. The Kier molecular flexibility index (Phi) is 4.55. The summed E-state index contributed by atoms with van der Waals surface area (Å²) in [5.74, 6) is 0.308. The van der Waals surface area contributed by atoms with Gasteiger partial charge in [-0.05, 0) is 6.92 Å². The van der Waals surface area contributed by atoms with Crippen molar-refractivity contribution >= 4 is 17.7 Å². The summed E-state index contributed by atoms with van der Waals surface area (Å²) in [5, 5.41) is 0.514. The molecule has 0 spiro atoms. The van der Waals surface area contributed by atoms with Crippen molar-refractivity contribution < 1.29 is 14.3 Å². The highest BCUT2D eigenvalue weighted by molar-refractivity contribution is 8.00. The summed E-state index contributed by atoms with van der Waals surface area (Å²) in [4.78, 5) is 11.1. The van der Waals surface area contributed by atoms with Gasteiger partial charge in [0.2, 0.25) is 0 Å². The summed E-state index contributed by atoms with van der Waals surface area (Å²) in [5.41, 5.74) is 5.59. The predicted octanol–water partition coefficient (Wildman–Crippen LogP) is 0.00880. The maximum Gasteiger partial charge on any atom is 0.323 e. The maximum atomic E-state index is 11.1. The van der Waals surface area contributed by atoms with E-state index in [-0.39, 0.29) is 5.97 Å². The number of hydrogen-bond acceptors (Lipinski definition) is 5. The van der Waals surface area contributed by atoms with Gasteiger partial charge in [0, 0.05) is 5.75 Å². The topological polar surface area (TPSA) is 61.5 Å². The molecule has 0 saturated carbocycles. The first kappa shape index (κ1) is 10.8. The molecule has 1 rings (SSSR count). The molecule has 0 aromatic rings. The molecule has 1 heterocycles. The van der Waals surface area contributed by atoms with E-state index in [2.05, 4.69) is 0 Å². The molecule has 1 fully saturated rings. The molecular formula is C8H15NO3S. The number of ether oxygens (including phenoxy) is 2. The van der Waals surface area contributed by atoms with Crippen LogP contribution in [-0.4, -0.2) is 42.8 Å². The van der Waals surface area contributed by atoms with Crippen LogP contribution in [0.15, 0.2) is 0 Å². The number of carbonyl (C=O) groups excluding carboxylic acids is 1. The third-order valence-electron chi connectivity index (χ3n) is 1.71. The molecular weight excluding hydrogens is 190 g/mol. The molecule has 2 N–H and O–H groups in total. The van der Waals surface area contributed by atoms with Crippen LogP contribution in [-0.2, 0) is 14.3 Å². The predicted molar refractivity (Wildman–Crippen MR) is 51.7 cm³/mol. The SMILES string of the molecule is CCOC(=O)C(N)CSC1COC1. The lowest BCUT2D eigenvalue weighted by Crippen LogP contribution is -2.38. The van der Waals surface area contributed by atoms with Gasteiger partial charge < -0.3 is 15.2 Å². The van der Waals surface area contributed by atoms with Crippen LogP contribution in [0.1, 0.15) is 6.92 Å². The molecule has 0 bridgehead atoms. The number of rotatable bonds is 5. The molecule has 1 aliphatic heterocycles. The minimum atomic E-state index is -0.495. The van der Waals surface area contributed by atoms with E-state index in [4.69, 9.17) is 15.2 Å². The summed E-state index contributed by atoms with van der Waals surface area (Å²) in [6, 6.07) is -0.495. The van der Waals surface area contributed by atoms with E-state index < -0.39 is 6.04 Å². The summed E-state index contributed by atoms with van der Waals surface area (Å²) in [7, 11) is 0. The van der Waals surface area contributed by atoms with Crippen molar-refractivity contribution in [3.63, 3.8) is 0 Å². The van der Waals surface area contributed by atoms with Crippen LogP contribution in [0.2, 0.25) is 0 Å². The first-order chi connectivity index (χ1) is 6.24. The summed E-state index contributed by atoms with van der Waals surface area (Å²) in [6.45, 7) is 3.72. The lowest BCUT2D eigenvalue weighted by Gasteiger charge is -2.25. The van der Waals surface area contributed by atoms with Gasteiger partial charge >= 0.3 is 5.97 Å². The van der Waals surface area contributed by atoms with Crippen LogP contribution in [0.25, 0.3) is 0 Å². The average molecular weight is 205 g/mol. The van der Waals surface area contributed by atoms with Gasteiger partial charge in [0.1, 0.15) is 6.04 Å². The van der Waals surface area contributed by atoms with Crippen molar-refractivity contribution in [2.75, 3.05) is 25.6 Å². The van der Waals surface area contributed by atoms with Crippen molar-refractivity contribution in [1.82, 2.24) is 0 Å². The van der Waals surface area contributed by atoms with E-state index in [1.807, 2.05) is 0 Å². The Morgan fingerprint density at radius 1 is 1.77 bits per heavy atom. The minimum absolute atomic E-state index is 0.310. The number of esters is 1. The van der Waals surface area contributed by atoms with E-state index in [0.717, 1.165) is 13.2 Å². The summed E-state index contributed by atoms with van der Waals surface area (Å²) in [6.07, 6.45) is 0. The first-order valence-corrected chi connectivity index (χ1v) is 5.40. The van der Waals surface area contributed by atoms with Crippen LogP contribution in [0.3, 0.4) is 0 Å². The van der Waals surface area contributed by atoms with Crippen LogP contribution in [0, 0.1) is 0 Å². The number of thioether (sulfide) groups is 1. The molecule has 13 heavy (non-hydrogen) atoms. The molecule has 1 unspecified atom stereocenters. The van der Waals surface area contributed by atoms with Crippen LogP contribution in [0.4, 0.5) is 0 Å². The van der Waals surface area contributed by atoms with Gasteiger partial charge in [0.25, 0.3) is 0 Å². The van der Waals surface area contributed by atoms with Gasteiger partial charge in [-0.2, -0.15) is 11.8 Å². The Balaban J connectivity index is 2.08. The number of nitrogens with two attached hydrogens (primary N) is 1. The quantitative estimate of drug-likeness (QED) is 0.641. The Bertz CT molecular complexity index is 173. The van der Waals surface area contributed by atoms with Gasteiger partial charge in [-0.1, -0.05) is 0 Å². The molecule has 5 heteroatoms. The van der Waals surface area contributed by atoms with Crippen LogP contribution in [0.5, 0.6) is 0 Å². The highest BCUT2D eigenvalue weighted by atomic mass is 32.2. The molecule has 0 aliphatic carbocycles. The average Bonchev–Trinajstić information content (AvgIpc) is 2.01. The Hall–Kier alpha value is -0.260. The second-order valence-corrected chi connectivity index (χ2v) is 4.18. The van der Waals surface area contributed by atoms with Gasteiger partial charge in [-0.3, -0.25) is 4.79 Å². The zero-order valence-corrected chi connectivity index (χ0v) is 8.51. The van der Waals surface area contributed by atoms with Crippen LogP contribution >= 0.6 is 11.8 Å². The van der Waals surface area contributed by atoms with Gasteiger partial charge in [0.15, 0.2) is 0 Å². The molecule has 0 amide bonds. The zero-order valence-electron chi connectivity index (χ0n) is 7.69. The summed E-state index contributed by atoms with van der Waals surface area (Å²) < 4.78 is 9.78. The molecule has 0 aromatic carbocycles. The maximum absolute atomic E-state index is 11.1. The normalized spacial score (nSPS) is 19.2. The fourth-order valence-corrected chi connectivity index (χ4v) is 1.87. The highest BCUT2D eigenvalue weighted by Crippen LogP contribution is 2.19. The van der Waals surface area contributed by atoms with Crippen molar-refractivity contribution in [3.8, 4) is 0 Å². The van der Waals surface area contributed by atoms with Crippen molar-refractivity contribution in [1.29, 1.82) is 0 Å². The highest BCUT2D eigenvalue weighted by Gasteiger charge is 2.22. The minimum Gasteiger partial charge on any atom is -0.465 e. The molecule has 1 saturated heterocycles. The Labute approximate surface area is 82.1 Å². The van der Waals surface area contributed by atoms with Gasteiger partial charge in [-0.25, -0.2) is 0 Å². The summed E-state index contributed by atoms with van der Waals surface area (Å²) >= 11 is 1.67. The number of hydrogen-bond donors (Lipinski definition) is 1. The van der Waals surface area contributed by atoms with E-state index in [1.165, 1.54) is 0 Å². The molecule has 1 aliphatic rings. The van der Waals surface area contributed by atoms with E-state index in [1.54, 1.807) is 18.7 Å². The first-order valence-electron chi connectivity index (χ1n) is 4.35. The lowest BCUT2D eigenvalue weighted by atomic mass is 10.4. The fraction of sp³-hybridized carbons (Fsp3) is 0.875. The molecule has 0 aromatic heterocycles. The van der Waals surface area contributed by atoms with Crippen LogP contribution < -0.4 is 5.73 Å². The fourth-order valence-electron chi connectivity index (χ4n) is 0.867. The molecule has 1 atom stereocenters. The third-order valence-corrected chi connectivity index (χ3v) is 3.00. The second kappa shape index (κ2) is 5.47. The third kappa shape index (κ3) is 3.54. The lowest BCUT2D eigenvalue weighted by molar-refractivity contribution is -0.144. The largest absolute Gasteiger partial charge is 0.465 e. The Morgan fingerprint density at radius 3 is 2.92 bits per heavy atom. The number of carbonyl (C=O) groups is 1. The van der Waals surface area contributed by atoms with Gasteiger partial charge in [0.05, 0.1) is 25.1 Å². The van der Waals surface area contributed by atoms with Crippen molar-refractivity contribution in [3.05, 3.63) is 0 Å². The molecule has 4 nitrogen and oxygen atoms in total. The van der Waals surface area contributed by atoms with E-state index in [9.17, 15) is 4.79 Å². The van der Waals surface area contributed by atoms with Crippen molar-refractivity contribution in [2.24, 2.45) is 5.73 Å². The van der Waals surface area contributed by atoms with E-state index in [0.29, 0.717) is 17.6 Å². The second-order valence-electron chi connectivity index (χ2n) is 2.85. The van der Waals surface area contributed by atoms with E-state index >= 15 is 0 Å². The molecule has 0 radical (unpaired) electrons. The monoisotopic (exact) mass is 205 g/mol. The Morgan fingerprint density at radius 2 is 2.46 bits per heavy atom. The standard InChI is InChI=1S/C8H15NO3S/c1-2-12-8(10)7(9)5-13-6-3-11-4-6/h6-7H,2-5,9H2,1H3. The zero-order chi connectivity index (χ0) is 9.68.